The van der Waals surface area contributed by atoms with E-state index in [2.05, 4.69) is 0 Å². The van der Waals surface area contributed by atoms with Crippen LogP contribution in [0.15, 0.2) is 24.3 Å². The molecular formula is C15H20O5. The molecule has 1 aromatic rings. The Morgan fingerprint density at radius 1 is 1.20 bits per heavy atom. The van der Waals surface area contributed by atoms with E-state index in [-0.39, 0.29) is 18.8 Å². The number of ketones is 1. The molecule has 0 heterocycles. The van der Waals surface area contributed by atoms with Crippen molar-refractivity contribution in [1.82, 2.24) is 0 Å². The molecule has 0 radical (unpaired) electrons. The van der Waals surface area contributed by atoms with Gasteiger partial charge in [0.05, 0.1) is 19.1 Å². The van der Waals surface area contributed by atoms with Crippen molar-refractivity contribution in [2.75, 3.05) is 6.61 Å². The fraction of sp³-hybridized carbons (Fsp3) is 0.467. The Hall–Kier alpha value is -1.72. The van der Waals surface area contributed by atoms with Gasteiger partial charge < -0.3 is 14.9 Å². The summed E-state index contributed by atoms with van der Waals surface area (Å²) >= 11 is 0. The summed E-state index contributed by atoms with van der Waals surface area (Å²) in [6.45, 7) is 3.42. The maximum atomic E-state index is 11.2. The van der Waals surface area contributed by atoms with Crippen LogP contribution in [-0.4, -0.2) is 34.7 Å². The van der Waals surface area contributed by atoms with E-state index in [4.69, 9.17) is 4.74 Å². The van der Waals surface area contributed by atoms with Crippen LogP contribution < -0.4 is 0 Å². The number of carbonyl (C=O) groups is 2. The summed E-state index contributed by atoms with van der Waals surface area (Å²) < 4.78 is 4.71. The first-order valence-corrected chi connectivity index (χ1v) is 6.54. The quantitative estimate of drug-likeness (QED) is 0.732. The molecule has 1 rings (SSSR count). The molecule has 0 spiro atoms. The van der Waals surface area contributed by atoms with Crippen molar-refractivity contribution in [3.63, 3.8) is 0 Å². The zero-order valence-electron chi connectivity index (χ0n) is 11.7. The molecule has 0 aliphatic carbocycles. The van der Waals surface area contributed by atoms with E-state index in [0.29, 0.717) is 12.0 Å². The molecule has 2 N–H and O–H groups in total. The third-order valence-electron chi connectivity index (χ3n) is 2.82. The van der Waals surface area contributed by atoms with Crippen molar-refractivity contribution in [1.29, 1.82) is 0 Å². The van der Waals surface area contributed by atoms with E-state index in [1.165, 1.54) is 6.92 Å². The fourth-order valence-electron chi connectivity index (χ4n) is 1.84. The second-order valence-electron chi connectivity index (χ2n) is 4.64. The molecule has 1 aromatic carbocycles. The van der Waals surface area contributed by atoms with Gasteiger partial charge in [0.1, 0.15) is 11.9 Å². The number of esters is 1. The first-order chi connectivity index (χ1) is 9.43. The van der Waals surface area contributed by atoms with Gasteiger partial charge in [0.2, 0.25) is 0 Å². The number of hydrogen-bond donors (Lipinski definition) is 2. The van der Waals surface area contributed by atoms with E-state index < -0.39 is 18.2 Å². The van der Waals surface area contributed by atoms with Crippen LogP contribution in [0.1, 0.15) is 37.5 Å². The van der Waals surface area contributed by atoms with Crippen molar-refractivity contribution < 1.29 is 24.5 Å². The number of rotatable bonds is 7. The Morgan fingerprint density at radius 3 is 2.30 bits per heavy atom. The third-order valence-corrected chi connectivity index (χ3v) is 2.82. The zero-order chi connectivity index (χ0) is 15.1. The minimum atomic E-state index is -1.22. The van der Waals surface area contributed by atoms with Crippen LogP contribution in [0.25, 0.3) is 0 Å². The first kappa shape index (κ1) is 16.3. The van der Waals surface area contributed by atoms with Crippen LogP contribution in [0.2, 0.25) is 0 Å². The molecule has 2 unspecified atom stereocenters. The van der Waals surface area contributed by atoms with Gasteiger partial charge in [-0.25, -0.2) is 0 Å². The summed E-state index contributed by atoms with van der Waals surface area (Å²) in [7, 11) is 0. The molecule has 2 atom stereocenters. The summed E-state index contributed by atoms with van der Waals surface area (Å²) in [4.78, 5) is 22.2. The van der Waals surface area contributed by atoms with Crippen LogP contribution in [-0.2, 0) is 20.7 Å². The standard InChI is InChI=1S/C15H20O5/c1-3-20-14(18)9-13(17)15(19)12-6-4-11(5-7-12)8-10(2)16/h4-7,13,15,17,19H,3,8-9H2,1-2H3. The molecule has 0 saturated carbocycles. The Labute approximate surface area is 118 Å². The first-order valence-electron chi connectivity index (χ1n) is 6.54. The van der Waals surface area contributed by atoms with Crippen molar-refractivity contribution >= 4 is 11.8 Å². The molecule has 5 heteroatoms. The Bertz CT molecular complexity index is 452. The van der Waals surface area contributed by atoms with Gasteiger partial charge in [0, 0.05) is 6.42 Å². The summed E-state index contributed by atoms with van der Waals surface area (Å²) in [5.41, 5.74) is 1.34. The molecule has 0 aliphatic heterocycles. The summed E-state index contributed by atoms with van der Waals surface area (Å²) in [5, 5.41) is 19.7. The minimum absolute atomic E-state index is 0.0562. The van der Waals surface area contributed by atoms with Gasteiger partial charge in [0.15, 0.2) is 0 Å². The molecule has 0 bridgehead atoms. The highest BCUT2D eigenvalue weighted by Gasteiger charge is 2.22. The molecule has 110 valence electrons. The number of benzene rings is 1. The largest absolute Gasteiger partial charge is 0.466 e. The number of aliphatic hydroxyl groups excluding tert-OH is 2. The highest BCUT2D eigenvalue weighted by atomic mass is 16.5. The molecule has 0 saturated heterocycles. The number of Topliss-reactive ketones (excluding diaryl/α,β-unsaturated/α-hetero) is 1. The predicted molar refractivity (Wildman–Crippen MR) is 73.0 cm³/mol. The van der Waals surface area contributed by atoms with Gasteiger partial charge in [-0.1, -0.05) is 24.3 Å². The highest BCUT2D eigenvalue weighted by molar-refractivity contribution is 5.78. The molecule has 0 aromatic heterocycles. The smallest absolute Gasteiger partial charge is 0.308 e. The second-order valence-corrected chi connectivity index (χ2v) is 4.64. The van der Waals surface area contributed by atoms with E-state index in [0.717, 1.165) is 5.56 Å². The lowest BCUT2D eigenvalue weighted by Gasteiger charge is -2.17. The van der Waals surface area contributed by atoms with E-state index in [9.17, 15) is 19.8 Å². The van der Waals surface area contributed by atoms with Crippen LogP contribution in [0.3, 0.4) is 0 Å². The lowest BCUT2D eigenvalue weighted by molar-refractivity contribution is -0.147. The Balaban J connectivity index is 2.64. The van der Waals surface area contributed by atoms with E-state index >= 15 is 0 Å². The third kappa shape index (κ3) is 5.11. The summed E-state index contributed by atoms with van der Waals surface area (Å²) in [6, 6.07) is 6.71. The van der Waals surface area contributed by atoms with Gasteiger partial charge in [0.25, 0.3) is 0 Å². The van der Waals surface area contributed by atoms with Gasteiger partial charge in [-0.2, -0.15) is 0 Å². The zero-order valence-corrected chi connectivity index (χ0v) is 11.7. The van der Waals surface area contributed by atoms with Gasteiger partial charge in [-0.3, -0.25) is 9.59 Å². The molecule has 0 fully saturated rings. The monoisotopic (exact) mass is 280 g/mol. The minimum Gasteiger partial charge on any atom is -0.466 e. The number of aliphatic hydroxyl groups is 2. The molecule has 5 nitrogen and oxygen atoms in total. The van der Waals surface area contributed by atoms with Crippen molar-refractivity contribution in [2.24, 2.45) is 0 Å². The van der Waals surface area contributed by atoms with Crippen LogP contribution in [0.5, 0.6) is 0 Å². The summed E-state index contributed by atoms with van der Waals surface area (Å²) in [5.74, 6) is -0.493. The van der Waals surface area contributed by atoms with Crippen LogP contribution >= 0.6 is 0 Å². The predicted octanol–water partition coefficient (Wildman–Crippen LogP) is 1.17. The van der Waals surface area contributed by atoms with Gasteiger partial charge in [-0.05, 0) is 25.0 Å². The Morgan fingerprint density at radius 2 is 1.80 bits per heavy atom. The summed E-state index contributed by atoms with van der Waals surface area (Å²) in [6.07, 6.45) is -2.30. The van der Waals surface area contributed by atoms with Crippen molar-refractivity contribution in [3.05, 3.63) is 35.4 Å². The van der Waals surface area contributed by atoms with Crippen LogP contribution in [0, 0.1) is 0 Å². The van der Waals surface area contributed by atoms with Gasteiger partial charge in [-0.15, -0.1) is 0 Å². The normalized spacial score (nSPS) is 13.6. The van der Waals surface area contributed by atoms with E-state index in [1.54, 1.807) is 31.2 Å². The molecule has 0 aliphatic rings. The lowest BCUT2D eigenvalue weighted by atomic mass is 9.99. The van der Waals surface area contributed by atoms with Crippen molar-refractivity contribution in [2.45, 2.75) is 38.9 Å². The molecular weight excluding hydrogens is 260 g/mol. The van der Waals surface area contributed by atoms with Crippen LogP contribution in [0.4, 0.5) is 0 Å². The number of hydrogen-bond acceptors (Lipinski definition) is 5. The second kappa shape index (κ2) is 7.77. The van der Waals surface area contributed by atoms with E-state index in [1.807, 2.05) is 0 Å². The fourth-order valence-corrected chi connectivity index (χ4v) is 1.84. The average molecular weight is 280 g/mol. The van der Waals surface area contributed by atoms with Gasteiger partial charge >= 0.3 is 5.97 Å². The lowest BCUT2D eigenvalue weighted by Crippen LogP contribution is -2.23. The average Bonchev–Trinajstić information content (AvgIpc) is 2.38. The molecule has 0 amide bonds. The highest BCUT2D eigenvalue weighted by Crippen LogP contribution is 2.20. The number of carbonyl (C=O) groups excluding carboxylic acids is 2. The maximum Gasteiger partial charge on any atom is 0.308 e. The SMILES string of the molecule is CCOC(=O)CC(O)C(O)c1ccc(CC(C)=O)cc1. The number of ether oxygens (including phenoxy) is 1. The molecule has 20 heavy (non-hydrogen) atoms. The topological polar surface area (TPSA) is 83.8 Å². The Kier molecular flexibility index (Phi) is 6.35. The maximum absolute atomic E-state index is 11.2. The van der Waals surface area contributed by atoms with Crippen molar-refractivity contribution in [3.8, 4) is 0 Å².